The minimum Gasteiger partial charge on any atom is -0.451 e. The number of nitrogens with one attached hydrogen (secondary N) is 1. The quantitative estimate of drug-likeness (QED) is 0.277. The lowest BCUT2D eigenvalue weighted by Crippen LogP contribution is -2.31. The molecule has 1 N–H and O–H groups in total. The number of Topliss-reactive ketones (excluding diaryl/α,β-unsaturated/α-hetero) is 1. The number of ketones is 1. The Kier molecular flexibility index (Phi) is 6.04. The van der Waals surface area contributed by atoms with E-state index in [9.17, 15) is 19.2 Å². The molecule has 1 unspecified atom stereocenters. The Labute approximate surface area is 189 Å². The Balaban J connectivity index is 1.52. The minimum absolute atomic E-state index is 0.0715. The summed E-state index contributed by atoms with van der Waals surface area (Å²) in [5.41, 5.74) is 2.15. The molecule has 0 radical (unpaired) electrons. The molecule has 7 nitrogen and oxygen atoms in total. The maximum absolute atomic E-state index is 12.8. The van der Waals surface area contributed by atoms with E-state index in [1.54, 1.807) is 77.4 Å². The van der Waals surface area contributed by atoms with Crippen LogP contribution in [0.15, 0.2) is 77.6 Å². The molecule has 3 aromatic carbocycles. The van der Waals surface area contributed by atoms with Crippen LogP contribution >= 0.6 is 0 Å². The highest BCUT2D eigenvalue weighted by Crippen LogP contribution is 2.19. The maximum atomic E-state index is 12.8. The van der Waals surface area contributed by atoms with Gasteiger partial charge in [-0.05, 0) is 62.4 Å². The van der Waals surface area contributed by atoms with E-state index in [-0.39, 0.29) is 17.8 Å². The number of carbonyl (C=O) groups is 3. The van der Waals surface area contributed by atoms with E-state index in [0.29, 0.717) is 33.1 Å². The summed E-state index contributed by atoms with van der Waals surface area (Å²) in [7, 11) is 0. The number of rotatable bonds is 6. The summed E-state index contributed by atoms with van der Waals surface area (Å²) in [5.74, 6) is -1.17. The van der Waals surface area contributed by atoms with Gasteiger partial charge in [-0.2, -0.15) is 0 Å². The summed E-state index contributed by atoms with van der Waals surface area (Å²) >= 11 is 0. The van der Waals surface area contributed by atoms with Gasteiger partial charge in [0.25, 0.3) is 5.91 Å². The van der Waals surface area contributed by atoms with Gasteiger partial charge in [-0.1, -0.05) is 24.3 Å². The van der Waals surface area contributed by atoms with Crippen molar-refractivity contribution in [1.82, 2.24) is 4.57 Å². The van der Waals surface area contributed by atoms with E-state index < -0.39 is 18.0 Å². The fourth-order valence-electron chi connectivity index (χ4n) is 3.70. The zero-order valence-electron chi connectivity index (χ0n) is 18.2. The summed E-state index contributed by atoms with van der Waals surface area (Å²) in [6.07, 6.45) is -1.04. The van der Waals surface area contributed by atoms with Crippen molar-refractivity contribution in [2.24, 2.45) is 0 Å². The predicted octanol–water partition coefficient (Wildman–Crippen LogP) is 3.93. The van der Waals surface area contributed by atoms with Gasteiger partial charge in [-0.25, -0.2) is 0 Å². The van der Waals surface area contributed by atoms with Gasteiger partial charge in [0.1, 0.15) is 6.54 Å². The zero-order chi connectivity index (χ0) is 23.5. The van der Waals surface area contributed by atoms with Gasteiger partial charge in [-0.15, -0.1) is 0 Å². The fourth-order valence-corrected chi connectivity index (χ4v) is 3.70. The molecule has 0 aliphatic heterocycles. The highest BCUT2D eigenvalue weighted by Gasteiger charge is 2.20. The average Bonchev–Trinajstić information content (AvgIpc) is 2.82. The van der Waals surface area contributed by atoms with Crippen LogP contribution in [0.3, 0.4) is 0 Å². The second kappa shape index (κ2) is 9.08. The van der Waals surface area contributed by atoms with E-state index in [2.05, 4.69) is 5.32 Å². The monoisotopic (exact) mass is 442 g/mol. The Bertz CT molecular complexity index is 1380. The molecular formula is C26H22N2O5. The number of amides is 1. The molecule has 4 rings (SSSR count). The van der Waals surface area contributed by atoms with Gasteiger partial charge in [0.15, 0.2) is 17.3 Å². The number of fused-ring (bicyclic) bond motifs is 2. The van der Waals surface area contributed by atoms with Crippen molar-refractivity contribution in [2.75, 3.05) is 5.32 Å². The van der Waals surface area contributed by atoms with Crippen molar-refractivity contribution < 1.29 is 19.1 Å². The highest BCUT2D eigenvalue weighted by atomic mass is 16.5. The molecule has 7 heteroatoms. The molecule has 1 atom stereocenters. The van der Waals surface area contributed by atoms with Crippen molar-refractivity contribution in [2.45, 2.75) is 26.5 Å². The van der Waals surface area contributed by atoms with Crippen LogP contribution in [0.5, 0.6) is 0 Å². The molecule has 1 aromatic heterocycles. The number of aromatic nitrogens is 1. The van der Waals surface area contributed by atoms with Crippen LogP contribution < -0.4 is 10.7 Å². The van der Waals surface area contributed by atoms with Gasteiger partial charge in [0.05, 0.1) is 11.0 Å². The molecule has 1 heterocycles. The number of carbonyl (C=O) groups excluding carboxylic acids is 3. The highest BCUT2D eigenvalue weighted by molar-refractivity contribution is 5.98. The van der Waals surface area contributed by atoms with Crippen LogP contribution in [0.25, 0.3) is 21.8 Å². The number of para-hydroxylation sites is 2. The molecule has 0 fully saturated rings. The first kappa shape index (κ1) is 22.0. The van der Waals surface area contributed by atoms with E-state index in [1.807, 2.05) is 0 Å². The van der Waals surface area contributed by atoms with Crippen molar-refractivity contribution in [3.8, 4) is 0 Å². The van der Waals surface area contributed by atoms with Crippen molar-refractivity contribution in [3.05, 3.63) is 88.6 Å². The number of benzene rings is 3. The first-order valence-electron chi connectivity index (χ1n) is 10.5. The van der Waals surface area contributed by atoms with Gasteiger partial charge in [0, 0.05) is 22.0 Å². The Morgan fingerprint density at radius 3 is 1.97 bits per heavy atom. The lowest BCUT2D eigenvalue weighted by atomic mass is 10.1. The molecule has 166 valence electrons. The molecule has 0 bridgehead atoms. The van der Waals surface area contributed by atoms with Crippen LogP contribution in [-0.2, 0) is 20.9 Å². The van der Waals surface area contributed by atoms with E-state index in [0.717, 1.165) is 0 Å². The second-order valence-corrected chi connectivity index (χ2v) is 7.70. The second-order valence-electron chi connectivity index (χ2n) is 7.70. The first-order chi connectivity index (χ1) is 15.8. The zero-order valence-corrected chi connectivity index (χ0v) is 18.2. The molecule has 0 saturated heterocycles. The van der Waals surface area contributed by atoms with Crippen LogP contribution in [0.2, 0.25) is 0 Å². The van der Waals surface area contributed by atoms with E-state index >= 15 is 0 Å². The third-order valence-electron chi connectivity index (χ3n) is 5.40. The molecular weight excluding hydrogens is 420 g/mol. The lowest BCUT2D eigenvalue weighted by molar-refractivity contribution is -0.153. The SMILES string of the molecule is CC(=O)c1ccc(NC(=O)C(C)OC(=O)Cn2c3ccccc3c(=O)c3ccccc32)cc1. The lowest BCUT2D eigenvalue weighted by Gasteiger charge is -2.17. The van der Waals surface area contributed by atoms with Crippen LogP contribution in [0, 0.1) is 0 Å². The van der Waals surface area contributed by atoms with Crippen molar-refractivity contribution in [1.29, 1.82) is 0 Å². The number of pyridine rings is 1. The molecule has 0 saturated carbocycles. The van der Waals surface area contributed by atoms with E-state index in [1.165, 1.54) is 13.8 Å². The summed E-state index contributed by atoms with van der Waals surface area (Å²) in [5, 5.41) is 3.68. The number of ether oxygens (including phenoxy) is 1. The summed E-state index contributed by atoms with van der Waals surface area (Å²) < 4.78 is 7.10. The minimum atomic E-state index is -1.04. The summed E-state index contributed by atoms with van der Waals surface area (Å²) in [6, 6.07) is 20.6. The number of anilines is 1. The van der Waals surface area contributed by atoms with Crippen LogP contribution in [0.1, 0.15) is 24.2 Å². The third kappa shape index (κ3) is 4.52. The summed E-state index contributed by atoms with van der Waals surface area (Å²) in [4.78, 5) is 49.4. The molecule has 0 aliphatic carbocycles. The Hall–Kier alpha value is -4.26. The van der Waals surface area contributed by atoms with E-state index in [4.69, 9.17) is 4.74 Å². The largest absolute Gasteiger partial charge is 0.451 e. The molecule has 33 heavy (non-hydrogen) atoms. The van der Waals surface area contributed by atoms with Gasteiger partial charge in [0.2, 0.25) is 0 Å². The number of esters is 1. The molecule has 0 aliphatic rings. The predicted molar refractivity (Wildman–Crippen MR) is 126 cm³/mol. The first-order valence-corrected chi connectivity index (χ1v) is 10.5. The number of hydrogen-bond acceptors (Lipinski definition) is 5. The standard InChI is InChI=1S/C26H22N2O5/c1-16(29)18-11-13-19(14-12-18)27-26(32)17(2)33-24(30)15-28-22-9-5-3-7-20(22)25(31)21-8-4-6-10-23(21)28/h3-14,17H,15H2,1-2H3,(H,27,32). The number of hydrogen-bond donors (Lipinski definition) is 1. The normalized spacial score (nSPS) is 11.8. The van der Waals surface area contributed by atoms with Crippen LogP contribution in [-0.4, -0.2) is 28.3 Å². The Morgan fingerprint density at radius 1 is 0.879 bits per heavy atom. The van der Waals surface area contributed by atoms with Crippen molar-refractivity contribution in [3.63, 3.8) is 0 Å². The Morgan fingerprint density at radius 2 is 1.42 bits per heavy atom. The summed E-state index contributed by atoms with van der Waals surface area (Å²) in [6.45, 7) is 2.79. The maximum Gasteiger partial charge on any atom is 0.326 e. The van der Waals surface area contributed by atoms with Gasteiger partial charge < -0.3 is 14.6 Å². The number of nitrogens with zero attached hydrogens (tertiary/aromatic N) is 1. The van der Waals surface area contributed by atoms with Gasteiger partial charge >= 0.3 is 5.97 Å². The molecule has 0 spiro atoms. The van der Waals surface area contributed by atoms with Crippen LogP contribution in [0.4, 0.5) is 5.69 Å². The third-order valence-corrected chi connectivity index (χ3v) is 5.40. The molecule has 1 amide bonds. The fraction of sp³-hybridized carbons (Fsp3) is 0.154. The average molecular weight is 442 g/mol. The smallest absolute Gasteiger partial charge is 0.326 e. The van der Waals surface area contributed by atoms with Gasteiger partial charge in [-0.3, -0.25) is 19.2 Å². The topological polar surface area (TPSA) is 94.5 Å². The van der Waals surface area contributed by atoms with Crippen molar-refractivity contribution >= 4 is 45.2 Å². The molecule has 4 aromatic rings.